The van der Waals surface area contributed by atoms with E-state index in [1.165, 1.54) is 22.6 Å². The molecule has 5 rings (SSSR count). The third-order valence-corrected chi connectivity index (χ3v) is 7.64. The molecule has 2 aromatic heterocycles. The lowest BCUT2D eigenvalue weighted by atomic mass is 10.00. The van der Waals surface area contributed by atoms with Gasteiger partial charge in [-0.3, -0.25) is 18.9 Å². The van der Waals surface area contributed by atoms with Gasteiger partial charge in [-0.05, 0) is 49.8 Å². The van der Waals surface area contributed by atoms with Crippen LogP contribution in [0.15, 0.2) is 34.1 Å². The van der Waals surface area contributed by atoms with Gasteiger partial charge in [0.1, 0.15) is 15.8 Å². The fourth-order valence-corrected chi connectivity index (χ4v) is 5.88. The highest BCUT2D eigenvalue weighted by atomic mass is 32.2. The lowest BCUT2D eigenvalue weighted by Gasteiger charge is -2.32. The number of pyridine rings is 1. The highest BCUT2D eigenvalue weighted by molar-refractivity contribution is 8.26. The van der Waals surface area contributed by atoms with E-state index in [1.54, 1.807) is 17.2 Å². The van der Waals surface area contributed by atoms with Crippen molar-refractivity contribution >= 4 is 51.7 Å². The molecule has 7 nitrogen and oxygen atoms in total. The second-order valence-corrected chi connectivity index (χ2v) is 10.4. The van der Waals surface area contributed by atoms with Crippen molar-refractivity contribution in [2.24, 2.45) is 5.92 Å². The minimum absolute atomic E-state index is 0.0233. The number of piperidine rings is 1. The summed E-state index contributed by atoms with van der Waals surface area (Å²) in [5.41, 5.74) is 0.877. The van der Waals surface area contributed by atoms with Crippen molar-refractivity contribution in [3.8, 4) is 0 Å². The average molecular weight is 471 g/mol. The van der Waals surface area contributed by atoms with E-state index in [0.29, 0.717) is 38.7 Å². The molecule has 3 saturated heterocycles. The number of rotatable bonds is 4. The Morgan fingerprint density at radius 1 is 1.28 bits per heavy atom. The third kappa shape index (κ3) is 4.09. The number of ether oxygens (including phenoxy) is 1. The lowest BCUT2D eigenvalue weighted by Crippen LogP contribution is -2.37. The van der Waals surface area contributed by atoms with Crippen LogP contribution in [0.4, 0.5) is 5.82 Å². The lowest BCUT2D eigenvalue weighted by molar-refractivity contribution is -0.123. The van der Waals surface area contributed by atoms with Crippen molar-refractivity contribution in [3.63, 3.8) is 0 Å². The van der Waals surface area contributed by atoms with Gasteiger partial charge in [0.2, 0.25) is 0 Å². The van der Waals surface area contributed by atoms with Gasteiger partial charge in [-0.2, -0.15) is 0 Å². The molecule has 32 heavy (non-hydrogen) atoms. The molecule has 9 heteroatoms. The highest BCUT2D eigenvalue weighted by Crippen LogP contribution is 2.35. The van der Waals surface area contributed by atoms with Crippen LogP contribution < -0.4 is 10.5 Å². The Morgan fingerprint density at radius 2 is 2.16 bits per heavy atom. The summed E-state index contributed by atoms with van der Waals surface area (Å²) in [5, 5.41) is 0. The zero-order valence-electron chi connectivity index (χ0n) is 18.0. The SMILES string of the molecule is C[C@@H]1CCCN(c2nc3ccccn3c(=O)c2/C=C2\SC(=S)N(C[C@H]3CCCO3)C2=O)C1. The van der Waals surface area contributed by atoms with Crippen molar-refractivity contribution in [1.82, 2.24) is 14.3 Å². The predicted molar refractivity (Wildman–Crippen MR) is 131 cm³/mol. The van der Waals surface area contributed by atoms with Crippen LogP contribution in [0.25, 0.3) is 11.7 Å². The fourth-order valence-electron chi connectivity index (χ4n) is 4.62. The number of anilines is 1. The normalized spacial score (nSPS) is 25.5. The Morgan fingerprint density at radius 3 is 2.94 bits per heavy atom. The first kappa shape index (κ1) is 21.6. The number of thiocarbonyl (C=S) groups is 1. The number of amides is 1. The number of nitrogens with zero attached hydrogens (tertiary/aromatic N) is 4. The summed E-state index contributed by atoms with van der Waals surface area (Å²) in [7, 11) is 0. The molecule has 0 aliphatic carbocycles. The van der Waals surface area contributed by atoms with Crippen LogP contribution in [0.3, 0.4) is 0 Å². The molecule has 0 N–H and O–H groups in total. The molecule has 0 aromatic carbocycles. The van der Waals surface area contributed by atoms with Gasteiger partial charge in [0.15, 0.2) is 0 Å². The predicted octanol–water partition coefficient (Wildman–Crippen LogP) is 3.31. The molecule has 0 spiro atoms. The summed E-state index contributed by atoms with van der Waals surface area (Å²) in [5.74, 6) is 1.01. The summed E-state index contributed by atoms with van der Waals surface area (Å²) in [6.45, 7) is 5.10. The zero-order valence-corrected chi connectivity index (χ0v) is 19.7. The van der Waals surface area contributed by atoms with Gasteiger partial charge in [0, 0.05) is 25.9 Å². The number of thioether (sulfide) groups is 1. The molecule has 2 atom stereocenters. The van der Waals surface area contributed by atoms with Crippen LogP contribution in [0.5, 0.6) is 0 Å². The molecule has 3 aliphatic heterocycles. The summed E-state index contributed by atoms with van der Waals surface area (Å²) in [4.78, 5) is 35.7. The molecule has 0 radical (unpaired) electrons. The van der Waals surface area contributed by atoms with Crippen LogP contribution in [0.1, 0.15) is 38.2 Å². The van der Waals surface area contributed by atoms with E-state index in [4.69, 9.17) is 21.9 Å². The zero-order chi connectivity index (χ0) is 22.2. The molecule has 0 saturated carbocycles. The number of aromatic nitrogens is 2. The van der Waals surface area contributed by atoms with Crippen LogP contribution in [-0.4, -0.2) is 56.9 Å². The molecular formula is C23H26N4O3S2. The van der Waals surface area contributed by atoms with Gasteiger partial charge < -0.3 is 9.64 Å². The topological polar surface area (TPSA) is 67.2 Å². The van der Waals surface area contributed by atoms with Crippen LogP contribution >= 0.6 is 24.0 Å². The van der Waals surface area contributed by atoms with Crippen molar-refractivity contribution in [2.75, 3.05) is 31.1 Å². The Balaban J connectivity index is 1.55. The maximum atomic E-state index is 13.5. The summed E-state index contributed by atoms with van der Waals surface area (Å²) in [6, 6.07) is 5.52. The molecular weight excluding hydrogens is 444 g/mol. The van der Waals surface area contributed by atoms with Crippen molar-refractivity contribution in [3.05, 3.63) is 45.2 Å². The van der Waals surface area contributed by atoms with Gasteiger partial charge in [-0.15, -0.1) is 0 Å². The van der Waals surface area contributed by atoms with Crippen molar-refractivity contribution in [2.45, 2.75) is 38.7 Å². The number of carbonyl (C=O) groups excluding carboxylic acids is 1. The maximum absolute atomic E-state index is 13.5. The highest BCUT2D eigenvalue weighted by Gasteiger charge is 2.35. The Labute approximate surface area is 196 Å². The average Bonchev–Trinajstić information content (AvgIpc) is 3.39. The van der Waals surface area contributed by atoms with Gasteiger partial charge in [0.05, 0.1) is 23.1 Å². The second-order valence-electron chi connectivity index (χ2n) is 8.70. The second kappa shape index (κ2) is 8.96. The van der Waals surface area contributed by atoms with Crippen LogP contribution in [-0.2, 0) is 9.53 Å². The standard InChI is InChI=1S/C23H26N4O3S2/c1-15-6-4-9-25(13-15)20-17(21(28)26-10-3-2-8-19(26)24-20)12-18-22(29)27(23(31)32-18)14-16-7-5-11-30-16/h2-3,8,10,12,15-16H,4-7,9,11,13-14H2,1H3/b18-12-/t15-,16-/m1/s1. The molecule has 3 aliphatic rings. The summed E-state index contributed by atoms with van der Waals surface area (Å²) < 4.78 is 7.74. The Kier molecular flexibility index (Phi) is 6.05. The van der Waals surface area contributed by atoms with Gasteiger partial charge in [0.25, 0.3) is 11.5 Å². The van der Waals surface area contributed by atoms with E-state index in [9.17, 15) is 9.59 Å². The van der Waals surface area contributed by atoms with E-state index in [0.717, 1.165) is 39.0 Å². The Hall–Kier alpha value is -2.23. The molecule has 3 fully saturated rings. The number of carbonyl (C=O) groups is 1. The van der Waals surface area contributed by atoms with E-state index in [-0.39, 0.29) is 17.6 Å². The minimum atomic E-state index is -0.173. The number of hydrogen-bond acceptors (Lipinski definition) is 7. The van der Waals surface area contributed by atoms with Crippen LogP contribution in [0, 0.1) is 5.92 Å². The maximum Gasteiger partial charge on any atom is 0.267 e. The number of hydrogen-bond donors (Lipinski definition) is 0. The third-order valence-electron chi connectivity index (χ3n) is 6.26. The molecule has 2 aromatic rings. The largest absolute Gasteiger partial charge is 0.376 e. The molecule has 0 unspecified atom stereocenters. The van der Waals surface area contributed by atoms with E-state index >= 15 is 0 Å². The molecule has 1 amide bonds. The summed E-state index contributed by atoms with van der Waals surface area (Å²) >= 11 is 6.74. The molecule has 5 heterocycles. The Bertz CT molecular complexity index is 1160. The molecule has 168 valence electrons. The smallest absolute Gasteiger partial charge is 0.267 e. The van der Waals surface area contributed by atoms with E-state index < -0.39 is 0 Å². The van der Waals surface area contributed by atoms with Crippen molar-refractivity contribution in [1.29, 1.82) is 0 Å². The first-order chi connectivity index (χ1) is 15.5. The van der Waals surface area contributed by atoms with Crippen molar-refractivity contribution < 1.29 is 9.53 Å². The number of fused-ring (bicyclic) bond motifs is 1. The first-order valence-electron chi connectivity index (χ1n) is 11.1. The van der Waals surface area contributed by atoms with Gasteiger partial charge >= 0.3 is 0 Å². The fraction of sp³-hybridized carbons (Fsp3) is 0.478. The van der Waals surface area contributed by atoms with Gasteiger partial charge in [-0.25, -0.2) is 4.98 Å². The molecule has 0 bridgehead atoms. The monoisotopic (exact) mass is 470 g/mol. The quantitative estimate of drug-likeness (QED) is 0.502. The minimum Gasteiger partial charge on any atom is -0.376 e. The van der Waals surface area contributed by atoms with Gasteiger partial charge in [-0.1, -0.05) is 37.0 Å². The van der Waals surface area contributed by atoms with E-state index in [2.05, 4.69) is 11.8 Å². The summed E-state index contributed by atoms with van der Waals surface area (Å²) in [6.07, 6.45) is 7.59. The van der Waals surface area contributed by atoms with E-state index in [1.807, 2.05) is 18.2 Å². The first-order valence-corrected chi connectivity index (χ1v) is 12.4. The van der Waals surface area contributed by atoms with Crippen LogP contribution in [0.2, 0.25) is 0 Å².